The Morgan fingerprint density at radius 3 is 2.48 bits per heavy atom. The van der Waals surface area contributed by atoms with Gasteiger partial charge >= 0.3 is 5.97 Å². The average Bonchev–Trinajstić information content (AvgIpc) is 2.80. The van der Waals surface area contributed by atoms with E-state index in [9.17, 15) is 29.3 Å². The Hall–Kier alpha value is -4.48. The maximum Gasteiger partial charge on any atom is 0.338 e. The first-order valence-corrected chi connectivity index (χ1v) is 9.76. The summed E-state index contributed by atoms with van der Waals surface area (Å²) < 4.78 is 10.3. The number of hydrogen-bond donors (Lipinski definition) is 2. The van der Waals surface area contributed by atoms with Crippen LogP contribution in [0.2, 0.25) is 0 Å². The third-order valence-electron chi connectivity index (χ3n) is 4.72. The molecule has 12 heteroatoms. The molecule has 0 saturated carbocycles. The number of non-ortho nitro benzene ring substituents is 1. The molecule has 0 bridgehead atoms. The second-order valence-corrected chi connectivity index (χ2v) is 6.99. The summed E-state index contributed by atoms with van der Waals surface area (Å²) in [4.78, 5) is 58.7. The number of carbonyl (C=O) groups is 4. The molecule has 33 heavy (non-hydrogen) atoms. The van der Waals surface area contributed by atoms with Crippen molar-refractivity contribution in [3.8, 4) is 5.75 Å². The molecule has 2 aromatic carbocycles. The third-order valence-corrected chi connectivity index (χ3v) is 4.72. The van der Waals surface area contributed by atoms with Crippen LogP contribution in [0, 0.1) is 10.1 Å². The van der Waals surface area contributed by atoms with E-state index in [0.717, 1.165) is 11.1 Å². The van der Waals surface area contributed by atoms with Gasteiger partial charge in [0.15, 0.2) is 6.10 Å². The third kappa shape index (κ3) is 5.42. The van der Waals surface area contributed by atoms with Crippen molar-refractivity contribution in [1.29, 1.82) is 0 Å². The zero-order chi connectivity index (χ0) is 24.1. The number of amides is 3. The molecule has 3 amide bonds. The normalized spacial score (nSPS) is 14.2. The molecule has 0 spiro atoms. The van der Waals surface area contributed by atoms with Gasteiger partial charge in [0.1, 0.15) is 5.75 Å². The number of nitrogens with zero attached hydrogens (tertiary/aromatic N) is 2. The first-order valence-electron chi connectivity index (χ1n) is 9.76. The summed E-state index contributed by atoms with van der Waals surface area (Å²) in [6.07, 6.45) is -1.04. The lowest BCUT2D eigenvalue weighted by Gasteiger charge is -2.27. The van der Waals surface area contributed by atoms with Crippen LogP contribution in [0.5, 0.6) is 5.75 Å². The Bertz CT molecular complexity index is 1120. The van der Waals surface area contributed by atoms with Crippen LogP contribution in [0.4, 0.5) is 17.1 Å². The lowest BCUT2D eigenvalue weighted by atomic mass is 10.1. The predicted molar refractivity (Wildman–Crippen MR) is 114 cm³/mol. The molecule has 2 N–H and O–H groups in total. The molecule has 12 nitrogen and oxygen atoms in total. The number of esters is 1. The van der Waals surface area contributed by atoms with Gasteiger partial charge in [-0.15, -0.1) is 0 Å². The topological polar surface area (TPSA) is 157 Å². The zero-order valence-electron chi connectivity index (χ0n) is 17.7. The Balaban J connectivity index is 1.65. The number of carbonyl (C=O) groups excluding carboxylic acids is 4. The Morgan fingerprint density at radius 1 is 1.15 bits per heavy atom. The molecule has 3 rings (SSSR count). The van der Waals surface area contributed by atoms with Crippen LogP contribution in [0.25, 0.3) is 0 Å². The number of nitro benzene ring substituents is 1. The van der Waals surface area contributed by atoms with Crippen LogP contribution in [0.1, 0.15) is 30.1 Å². The molecule has 0 aromatic heterocycles. The molecule has 1 aliphatic heterocycles. The van der Waals surface area contributed by atoms with Crippen molar-refractivity contribution >= 4 is 40.8 Å². The quantitative estimate of drug-likeness (QED) is 0.363. The molecular weight excluding hydrogens is 436 g/mol. The van der Waals surface area contributed by atoms with Crippen molar-refractivity contribution in [2.75, 3.05) is 17.4 Å². The van der Waals surface area contributed by atoms with E-state index in [2.05, 4.69) is 10.7 Å². The van der Waals surface area contributed by atoms with Crippen molar-refractivity contribution in [3.05, 3.63) is 58.1 Å². The van der Waals surface area contributed by atoms with E-state index in [1.165, 1.54) is 50.4 Å². The van der Waals surface area contributed by atoms with E-state index >= 15 is 0 Å². The molecule has 1 unspecified atom stereocenters. The first kappa shape index (κ1) is 23.2. The monoisotopic (exact) mass is 456 g/mol. The van der Waals surface area contributed by atoms with Crippen molar-refractivity contribution in [2.24, 2.45) is 0 Å². The highest BCUT2D eigenvalue weighted by atomic mass is 16.6. The van der Waals surface area contributed by atoms with Crippen molar-refractivity contribution < 1.29 is 33.6 Å². The second-order valence-electron chi connectivity index (χ2n) is 6.99. The molecule has 1 heterocycles. The predicted octanol–water partition coefficient (Wildman–Crippen LogP) is 1.95. The fraction of sp³-hybridized carbons (Fsp3) is 0.238. The van der Waals surface area contributed by atoms with Gasteiger partial charge in [-0.2, -0.15) is 0 Å². The van der Waals surface area contributed by atoms with Gasteiger partial charge in [0, 0.05) is 25.0 Å². The molecule has 1 atom stereocenters. The van der Waals surface area contributed by atoms with E-state index in [0.29, 0.717) is 5.69 Å². The van der Waals surface area contributed by atoms with Gasteiger partial charge in [0.05, 0.1) is 29.0 Å². The summed E-state index contributed by atoms with van der Waals surface area (Å²) in [7, 11) is 1.34. The molecule has 0 radical (unpaired) electrons. The van der Waals surface area contributed by atoms with Crippen LogP contribution in [-0.4, -0.2) is 41.8 Å². The number of nitro groups is 1. The van der Waals surface area contributed by atoms with Crippen molar-refractivity contribution in [2.45, 2.75) is 25.9 Å². The minimum absolute atomic E-state index is 0.0530. The van der Waals surface area contributed by atoms with Crippen LogP contribution < -0.4 is 20.5 Å². The molecule has 172 valence electrons. The molecule has 1 saturated heterocycles. The minimum atomic E-state index is -1.23. The summed E-state index contributed by atoms with van der Waals surface area (Å²) >= 11 is 0. The number of anilines is 2. The van der Waals surface area contributed by atoms with Gasteiger partial charge in [-0.25, -0.2) is 9.80 Å². The SMILES string of the molecule is COc1ccc([N+](=O)[O-])cc1NC(=O)C(C)OC(=O)c1ccc(N2NC(=O)CCC2=O)cc1. The number of hydrogen-bond acceptors (Lipinski definition) is 8. The Labute approximate surface area is 187 Å². The fourth-order valence-electron chi connectivity index (χ4n) is 2.95. The smallest absolute Gasteiger partial charge is 0.338 e. The van der Waals surface area contributed by atoms with Crippen LogP contribution in [0.3, 0.4) is 0 Å². The van der Waals surface area contributed by atoms with Gasteiger partial charge in [0.25, 0.3) is 11.6 Å². The number of rotatable bonds is 7. The summed E-state index contributed by atoms with van der Waals surface area (Å²) in [5.41, 5.74) is 2.73. The average molecular weight is 456 g/mol. The second kappa shape index (κ2) is 9.77. The molecule has 1 fully saturated rings. The van der Waals surface area contributed by atoms with Gasteiger partial charge in [-0.1, -0.05) is 0 Å². The summed E-state index contributed by atoms with van der Waals surface area (Å²) in [5, 5.41) is 14.5. The highest BCUT2D eigenvalue weighted by Gasteiger charge is 2.25. The van der Waals surface area contributed by atoms with Crippen LogP contribution in [0.15, 0.2) is 42.5 Å². The van der Waals surface area contributed by atoms with Crippen LogP contribution in [-0.2, 0) is 19.1 Å². The number of methoxy groups -OCH3 is 1. The largest absolute Gasteiger partial charge is 0.495 e. The summed E-state index contributed by atoms with van der Waals surface area (Å²) in [6, 6.07) is 9.38. The maximum absolute atomic E-state index is 12.5. The van der Waals surface area contributed by atoms with E-state index < -0.39 is 22.9 Å². The summed E-state index contributed by atoms with van der Waals surface area (Å²) in [5.74, 6) is -1.91. The van der Waals surface area contributed by atoms with Gasteiger partial charge in [-0.05, 0) is 37.3 Å². The lowest BCUT2D eigenvalue weighted by molar-refractivity contribution is -0.384. The van der Waals surface area contributed by atoms with Gasteiger partial charge in [-0.3, -0.25) is 29.9 Å². The summed E-state index contributed by atoms with van der Waals surface area (Å²) in [6.45, 7) is 1.34. The van der Waals surface area contributed by atoms with E-state index in [4.69, 9.17) is 9.47 Å². The fourth-order valence-corrected chi connectivity index (χ4v) is 2.95. The van der Waals surface area contributed by atoms with E-state index in [-0.39, 0.29) is 47.3 Å². The van der Waals surface area contributed by atoms with Crippen LogP contribution >= 0.6 is 0 Å². The Morgan fingerprint density at radius 2 is 1.85 bits per heavy atom. The van der Waals surface area contributed by atoms with Gasteiger partial charge < -0.3 is 14.8 Å². The highest BCUT2D eigenvalue weighted by Crippen LogP contribution is 2.29. The number of nitrogens with one attached hydrogen (secondary N) is 2. The number of ether oxygens (including phenoxy) is 2. The molecule has 0 aliphatic carbocycles. The zero-order valence-corrected chi connectivity index (χ0v) is 17.7. The molecular formula is C21H20N4O8. The molecule has 1 aliphatic rings. The maximum atomic E-state index is 12.5. The lowest BCUT2D eigenvalue weighted by Crippen LogP contribution is -2.50. The first-order chi connectivity index (χ1) is 15.7. The Kier molecular flexibility index (Phi) is 6.86. The van der Waals surface area contributed by atoms with E-state index in [1.807, 2.05) is 0 Å². The number of benzene rings is 2. The standard InChI is InChI=1S/C21H20N4O8/c1-12(20(28)22-16-11-15(25(30)31)7-8-17(16)32-2)33-21(29)13-3-5-14(6-4-13)24-19(27)10-9-18(26)23-24/h3-8,11-12H,9-10H2,1-2H3,(H,22,28)(H,23,26). The van der Waals surface area contributed by atoms with Crippen molar-refractivity contribution in [3.63, 3.8) is 0 Å². The van der Waals surface area contributed by atoms with E-state index in [1.54, 1.807) is 0 Å². The highest BCUT2D eigenvalue weighted by molar-refractivity contribution is 6.02. The minimum Gasteiger partial charge on any atom is -0.495 e. The molecule has 2 aromatic rings. The van der Waals surface area contributed by atoms with Crippen molar-refractivity contribution in [1.82, 2.24) is 5.43 Å². The van der Waals surface area contributed by atoms with Gasteiger partial charge in [0.2, 0.25) is 11.8 Å². The number of hydrazine groups is 1.